The summed E-state index contributed by atoms with van der Waals surface area (Å²) in [6, 6.07) is 4.89. The second-order valence-corrected chi connectivity index (χ2v) is 6.73. The van der Waals surface area contributed by atoms with Crippen molar-refractivity contribution in [1.29, 1.82) is 0 Å². The molecule has 0 spiro atoms. The molecule has 5 heteroatoms. The fourth-order valence-electron chi connectivity index (χ4n) is 1.96. The molecule has 17 heavy (non-hydrogen) atoms. The average molecular weight is 293 g/mol. The molecule has 0 radical (unpaired) electrons. The van der Waals surface area contributed by atoms with E-state index in [1.54, 1.807) is 11.3 Å². The lowest BCUT2D eigenvalue weighted by molar-refractivity contribution is 0.190. The van der Waals surface area contributed by atoms with Gasteiger partial charge >= 0.3 is 0 Å². The zero-order chi connectivity index (χ0) is 12.8. The van der Waals surface area contributed by atoms with E-state index in [0.717, 1.165) is 16.5 Å². The average Bonchev–Trinajstić information content (AvgIpc) is 2.73. The number of nitrogens with zero attached hydrogens (tertiary/aromatic N) is 1. The van der Waals surface area contributed by atoms with Crippen LogP contribution in [0.4, 0.5) is 0 Å². The molecule has 2 unspecified atom stereocenters. The Bertz CT molecular complexity index is 330. The quantitative estimate of drug-likeness (QED) is 0.834. The van der Waals surface area contributed by atoms with Crippen LogP contribution in [-0.4, -0.2) is 36.5 Å². The third kappa shape index (κ3) is 4.14. The van der Waals surface area contributed by atoms with Crippen molar-refractivity contribution in [2.75, 3.05) is 25.6 Å². The molecule has 2 N–H and O–H groups in total. The highest BCUT2D eigenvalue weighted by molar-refractivity contribution is 7.98. The molecular formula is C12H21ClN2S2. The molecule has 2 nitrogen and oxygen atoms in total. The lowest BCUT2D eigenvalue weighted by Gasteiger charge is -2.33. The first-order valence-electron chi connectivity index (χ1n) is 5.80. The molecule has 1 aromatic heterocycles. The van der Waals surface area contributed by atoms with Gasteiger partial charge in [0.05, 0.1) is 10.4 Å². The SMILES string of the molecule is CCC(CSC)N(C)C(CN)c1ccc(Cl)s1. The van der Waals surface area contributed by atoms with Crippen LogP contribution in [0.5, 0.6) is 0 Å². The third-order valence-electron chi connectivity index (χ3n) is 3.04. The van der Waals surface area contributed by atoms with Crippen LogP contribution in [0.3, 0.4) is 0 Å². The molecule has 2 atom stereocenters. The van der Waals surface area contributed by atoms with E-state index in [9.17, 15) is 0 Å². The summed E-state index contributed by atoms with van der Waals surface area (Å²) >= 11 is 9.51. The summed E-state index contributed by atoms with van der Waals surface area (Å²) in [5.41, 5.74) is 5.92. The van der Waals surface area contributed by atoms with E-state index in [1.165, 1.54) is 4.88 Å². The summed E-state index contributed by atoms with van der Waals surface area (Å²) in [4.78, 5) is 3.65. The number of hydrogen-bond donors (Lipinski definition) is 1. The third-order valence-corrected chi connectivity index (χ3v) is 5.09. The normalized spacial score (nSPS) is 15.2. The number of hydrogen-bond acceptors (Lipinski definition) is 4. The van der Waals surface area contributed by atoms with E-state index in [-0.39, 0.29) is 6.04 Å². The van der Waals surface area contributed by atoms with Gasteiger partial charge in [0.25, 0.3) is 0 Å². The molecule has 0 saturated heterocycles. The van der Waals surface area contributed by atoms with Crippen LogP contribution in [0, 0.1) is 0 Å². The maximum atomic E-state index is 6.00. The number of nitrogens with two attached hydrogens (primary N) is 1. The topological polar surface area (TPSA) is 29.3 Å². The van der Waals surface area contributed by atoms with Gasteiger partial charge in [0, 0.05) is 23.2 Å². The summed E-state index contributed by atoms with van der Waals surface area (Å²) in [5, 5.41) is 0. The second kappa shape index (κ2) is 7.64. The fraction of sp³-hybridized carbons (Fsp3) is 0.667. The zero-order valence-corrected chi connectivity index (χ0v) is 13.0. The van der Waals surface area contributed by atoms with Crippen molar-refractivity contribution >= 4 is 34.7 Å². The summed E-state index contributed by atoms with van der Waals surface area (Å²) in [6.07, 6.45) is 3.29. The number of thioether (sulfide) groups is 1. The molecule has 0 aliphatic carbocycles. The van der Waals surface area contributed by atoms with Crippen LogP contribution >= 0.6 is 34.7 Å². The van der Waals surface area contributed by atoms with Crippen molar-refractivity contribution in [3.05, 3.63) is 21.3 Å². The Morgan fingerprint density at radius 3 is 2.65 bits per heavy atom. The van der Waals surface area contributed by atoms with Gasteiger partial charge in [-0.15, -0.1) is 11.3 Å². The summed E-state index contributed by atoms with van der Waals surface area (Å²) in [6.45, 7) is 2.87. The van der Waals surface area contributed by atoms with E-state index < -0.39 is 0 Å². The molecule has 1 rings (SSSR count). The molecule has 1 heterocycles. The van der Waals surface area contributed by atoms with Gasteiger partial charge in [0.15, 0.2) is 0 Å². The van der Waals surface area contributed by atoms with Gasteiger partial charge in [-0.25, -0.2) is 0 Å². The lowest BCUT2D eigenvalue weighted by atomic mass is 10.1. The van der Waals surface area contributed by atoms with Crippen molar-refractivity contribution in [3.63, 3.8) is 0 Å². The summed E-state index contributed by atoms with van der Waals surface area (Å²) < 4.78 is 0.838. The highest BCUT2D eigenvalue weighted by Crippen LogP contribution is 2.31. The van der Waals surface area contributed by atoms with Crippen molar-refractivity contribution in [2.24, 2.45) is 5.73 Å². The standard InChI is InChI=1S/C12H21ClN2S2/c1-4-9(8-16-3)15(2)10(7-14)11-5-6-12(13)17-11/h5-6,9-10H,4,7-8,14H2,1-3H3. The minimum atomic E-state index is 0.282. The maximum absolute atomic E-state index is 6.00. The lowest BCUT2D eigenvalue weighted by Crippen LogP contribution is -2.39. The van der Waals surface area contributed by atoms with Gasteiger partial charge < -0.3 is 5.73 Å². The first-order valence-corrected chi connectivity index (χ1v) is 8.39. The minimum Gasteiger partial charge on any atom is -0.329 e. The van der Waals surface area contributed by atoms with E-state index >= 15 is 0 Å². The number of rotatable bonds is 7. The Balaban J connectivity index is 2.78. The Hall–Kier alpha value is 0.260. The maximum Gasteiger partial charge on any atom is 0.0931 e. The zero-order valence-electron chi connectivity index (χ0n) is 10.6. The van der Waals surface area contributed by atoms with Gasteiger partial charge in [0.2, 0.25) is 0 Å². The summed E-state index contributed by atoms with van der Waals surface area (Å²) in [7, 11) is 2.16. The minimum absolute atomic E-state index is 0.282. The van der Waals surface area contributed by atoms with Crippen LogP contribution < -0.4 is 5.73 Å². The Labute approximate surface area is 118 Å². The molecule has 0 aromatic carbocycles. The smallest absolute Gasteiger partial charge is 0.0931 e. The highest BCUT2D eigenvalue weighted by atomic mass is 35.5. The molecule has 98 valence electrons. The molecule has 0 fully saturated rings. The molecule has 0 aliphatic rings. The van der Waals surface area contributed by atoms with Crippen molar-refractivity contribution < 1.29 is 0 Å². The predicted molar refractivity (Wildman–Crippen MR) is 81.3 cm³/mol. The molecule has 0 aliphatic heterocycles. The van der Waals surface area contributed by atoms with E-state index in [1.807, 2.05) is 17.8 Å². The molecule has 1 aromatic rings. The van der Waals surface area contributed by atoms with Crippen LogP contribution in [0.25, 0.3) is 0 Å². The molecule has 0 amide bonds. The monoisotopic (exact) mass is 292 g/mol. The van der Waals surface area contributed by atoms with E-state index in [4.69, 9.17) is 17.3 Å². The highest BCUT2D eigenvalue weighted by Gasteiger charge is 2.23. The van der Waals surface area contributed by atoms with E-state index in [0.29, 0.717) is 12.6 Å². The van der Waals surface area contributed by atoms with Crippen LogP contribution in [0.1, 0.15) is 24.3 Å². The van der Waals surface area contributed by atoms with Crippen molar-refractivity contribution in [3.8, 4) is 0 Å². The first-order chi connectivity index (χ1) is 8.13. The number of likely N-dealkylation sites (N-methyl/N-ethyl adjacent to an activating group) is 1. The van der Waals surface area contributed by atoms with Gasteiger partial charge in [0.1, 0.15) is 0 Å². The van der Waals surface area contributed by atoms with E-state index in [2.05, 4.69) is 31.2 Å². The number of halogens is 1. The van der Waals surface area contributed by atoms with Crippen molar-refractivity contribution in [1.82, 2.24) is 4.90 Å². The Kier molecular flexibility index (Phi) is 6.89. The van der Waals surface area contributed by atoms with Crippen LogP contribution in [0.15, 0.2) is 12.1 Å². The van der Waals surface area contributed by atoms with Crippen LogP contribution in [-0.2, 0) is 0 Å². The molecule has 0 bridgehead atoms. The van der Waals surface area contributed by atoms with Crippen molar-refractivity contribution in [2.45, 2.75) is 25.4 Å². The molecule has 0 saturated carbocycles. The molecular weight excluding hydrogens is 272 g/mol. The predicted octanol–water partition coefficient (Wildman–Crippen LogP) is 3.47. The fourth-order valence-corrected chi connectivity index (χ4v) is 4.04. The van der Waals surface area contributed by atoms with Gasteiger partial charge in [-0.1, -0.05) is 18.5 Å². The summed E-state index contributed by atoms with van der Waals surface area (Å²) in [5.74, 6) is 1.14. The van der Waals surface area contributed by atoms with Gasteiger partial charge in [-0.2, -0.15) is 11.8 Å². The largest absolute Gasteiger partial charge is 0.329 e. The number of thiophene rings is 1. The van der Waals surface area contributed by atoms with Gasteiger partial charge in [-0.3, -0.25) is 4.90 Å². The van der Waals surface area contributed by atoms with Gasteiger partial charge in [-0.05, 0) is 31.9 Å². The Morgan fingerprint density at radius 2 is 2.24 bits per heavy atom. The second-order valence-electron chi connectivity index (χ2n) is 4.08. The van der Waals surface area contributed by atoms with Crippen LogP contribution in [0.2, 0.25) is 4.34 Å². The first kappa shape index (κ1) is 15.3. The Morgan fingerprint density at radius 1 is 1.53 bits per heavy atom.